The monoisotopic (exact) mass is 335 g/mol. The molecular formula is C20H21N3O2. The summed E-state index contributed by atoms with van der Waals surface area (Å²) in [5.74, 6) is 0.899. The molecule has 1 N–H and O–H groups in total. The van der Waals surface area contributed by atoms with E-state index in [1.54, 1.807) is 6.20 Å². The van der Waals surface area contributed by atoms with Gasteiger partial charge in [-0.1, -0.05) is 30.3 Å². The number of ether oxygens (including phenoxy) is 2. The molecule has 2 atom stereocenters. The van der Waals surface area contributed by atoms with E-state index in [0.29, 0.717) is 13.2 Å². The molecule has 3 aromatic rings. The Balaban J connectivity index is 1.49. The Morgan fingerprint density at radius 2 is 1.96 bits per heavy atom. The van der Waals surface area contributed by atoms with Crippen LogP contribution in [0, 0.1) is 0 Å². The molecule has 1 saturated heterocycles. The summed E-state index contributed by atoms with van der Waals surface area (Å²) in [6, 6.07) is 16.3. The molecule has 0 amide bonds. The highest BCUT2D eigenvalue weighted by Gasteiger charge is 2.27. The van der Waals surface area contributed by atoms with Crippen molar-refractivity contribution < 1.29 is 9.47 Å². The fraction of sp³-hybridized carbons (Fsp3) is 0.300. The van der Waals surface area contributed by atoms with Crippen LogP contribution in [0.25, 0.3) is 10.8 Å². The van der Waals surface area contributed by atoms with E-state index in [-0.39, 0.29) is 12.1 Å². The topological polar surface area (TPSA) is 56.3 Å². The van der Waals surface area contributed by atoms with Crippen LogP contribution in [0.5, 0.6) is 0 Å². The Hall–Kier alpha value is -2.50. The Morgan fingerprint density at radius 1 is 1.04 bits per heavy atom. The van der Waals surface area contributed by atoms with Crippen LogP contribution in [0.1, 0.15) is 12.1 Å². The van der Waals surface area contributed by atoms with Crippen molar-refractivity contribution in [3.8, 4) is 0 Å². The van der Waals surface area contributed by atoms with E-state index in [4.69, 9.17) is 9.47 Å². The summed E-state index contributed by atoms with van der Waals surface area (Å²) in [5.41, 5.74) is 0.926. The lowest BCUT2D eigenvalue weighted by molar-refractivity contribution is -0.0645. The molecule has 0 bridgehead atoms. The van der Waals surface area contributed by atoms with Gasteiger partial charge in [0.15, 0.2) is 0 Å². The molecule has 1 aromatic carbocycles. The van der Waals surface area contributed by atoms with Crippen molar-refractivity contribution in [2.75, 3.05) is 18.5 Å². The molecule has 0 saturated carbocycles. The van der Waals surface area contributed by atoms with Gasteiger partial charge in [-0.2, -0.15) is 0 Å². The van der Waals surface area contributed by atoms with E-state index in [1.807, 2.05) is 42.6 Å². The van der Waals surface area contributed by atoms with Crippen molar-refractivity contribution in [2.45, 2.75) is 25.2 Å². The number of fused-ring (bicyclic) bond motifs is 1. The zero-order valence-corrected chi connectivity index (χ0v) is 14.0. The molecule has 3 heterocycles. The number of rotatable bonds is 5. The summed E-state index contributed by atoms with van der Waals surface area (Å²) in [5, 5.41) is 5.88. The molecule has 1 aliphatic rings. The minimum absolute atomic E-state index is 0.0310. The van der Waals surface area contributed by atoms with Gasteiger partial charge >= 0.3 is 0 Å². The smallest absolute Gasteiger partial charge is 0.134 e. The first-order chi connectivity index (χ1) is 12.4. The SMILES string of the molecule is c1ccc(CO[C@@H]2COCC[C@H]2Nc2nccc3ccccc23)nc1. The van der Waals surface area contributed by atoms with Crippen molar-refractivity contribution in [1.82, 2.24) is 9.97 Å². The zero-order chi connectivity index (χ0) is 16.9. The quantitative estimate of drug-likeness (QED) is 0.774. The second-order valence-electron chi connectivity index (χ2n) is 6.17. The van der Waals surface area contributed by atoms with Gasteiger partial charge in [-0.05, 0) is 30.0 Å². The Morgan fingerprint density at radius 3 is 2.88 bits per heavy atom. The summed E-state index contributed by atoms with van der Waals surface area (Å²) in [6.07, 6.45) is 4.48. The van der Waals surface area contributed by atoms with Gasteiger partial charge in [-0.3, -0.25) is 4.98 Å². The van der Waals surface area contributed by atoms with Crippen molar-refractivity contribution >= 4 is 16.6 Å². The Labute approximate surface area is 147 Å². The number of hydrogen-bond donors (Lipinski definition) is 1. The van der Waals surface area contributed by atoms with E-state index in [1.165, 1.54) is 5.39 Å². The van der Waals surface area contributed by atoms with Crippen LogP contribution in [0.2, 0.25) is 0 Å². The first kappa shape index (κ1) is 16.0. The molecule has 0 spiro atoms. The third-order valence-corrected chi connectivity index (χ3v) is 4.47. The molecule has 0 radical (unpaired) electrons. The van der Waals surface area contributed by atoms with Crippen LogP contribution in [0.3, 0.4) is 0 Å². The first-order valence-electron chi connectivity index (χ1n) is 8.60. The second-order valence-corrected chi connectivity index (χ2v) is 6.17. The lowest BCUT2D eigenvalue weighted by Crippen LogP contribution is -2.43. The maximum Gasteiger partial charge on any atom is 0.134 e. The van der Waals surface area contributed by atoms with Gasteiger partial charge in [-0.15, -0.1) is 0 Å². The number of aromatic nitrogens is 2. The van der Waals surface area contributed by atoms with E-state index < -0.39 is 0 Å². The van der Waals surface area contributed by atoms with Gasteiger partial charge in [0.1, 0.15) is 11.9 Å². The fourth-order valence-corrected chi connectivity index (χ4v) is 3.13. The highest BCUT2D eigenvalue weighted by atomic mass is 16.5. The van der Waals surface area contributed by atoms with Crippen LogP contribution < -0.4 is 5.32 Å². The fourth-order valence-electron chi connectivity index (χ4n) is 3.13. The Kier molecular flexibility index (Phi) is 4.86. The number of nitrogens with zero attached hydrogens (tertiary/aromatic N) is 2. The number of hydrogen-bond acceptors (Lipinski definition) is 5. The van der Waals surface area contributed by atoms with Crippen LogP contribution >= 0.6 is 0 Å². The van der Waals surface area contributed by atoms with Crippen LogP contribution in [-0.2, 0) is 16.1 Å². The zero-order valence-electron chi connectivity index (χ0n) is 14.0. The van der Waals surface area contributed by atoms with Crippen LogP contribution in [-0.4, -0.2) is 35.3 Å². The molecule has 0 aliphatic carbocycles. The minimum atomic E-state index is -0.0310. The first-order valence-corrected chi connectivity index (χ1v) is 8.60. The minimum Gasteiger partial charge on any atom is -0.379 e. The maximum absolute atomic E-state index is 6.09. The molecule has 2 aromatic heterocycles. The van der Waals surface area contributed by atoms with Crippen molar-refractivity contribution in [3.05, 3.63) is 66.6 Å². The van der Waals surface area contributed by atoms with E-state index in [0.717, 1.165) is 29.9 Å². The average molecular weight is 335 g/mol. The van der Waals surface area contributed by atoms with Gasteiger partial charge in [0.2, 0.25) is 0 Å². The highest BCUT2D eigenvalue weighted by Crippen LogP contribution is 2.24. The molecule has 4 rings (SSSR count). The number of anilines is 1. The summed E-state index contributed by atoms with van der Waals surface area (Å²) in [7, 11) is 0. The lowest BCUT2D eigenvalue weighted by Gasteiger charge is -2.32. The summed E-state index contributed by atoms with van der Waals surface area (Å²) in [6.45, 7) is 1.79. The van der Waals surface area contributed by atoms with E-state index in [9.17, 15) is 0 Å². The van der Waals surface area contributed by atoms with Crippen molar-refractivity contribution in [2.24, 2.45) is 0 Å². The largest absolute Gasteiger partial charge is 0.379 e. The molecule has 0 unspecified atom stereocenters. The predicted molar refractivity (Wildman–Crippen MR) is 97.4 cm³/mol. The van der Waals surface area contributed by atoms with Gasteiger partial charge in [0, 0.05) is 24.4 Å². The summed E-state index contributed by atoms with van der Waals surface area (Å²) in [4.78, 5) is 8.85. The highest BCUT2D eigenvalue weighted by molar-refractivity contribution is 5.91. The second kappa shape index (κ2) is 7.59. The molecule has 1 aliphatic heterocycles. The molecular weight excluding hydrogens is 314 g/mol. The molecule has 128 valence electrons. The predicted octanol–water partition coefficient (Wildman–Crippen LogP) is 3.42. The van der Waals surface area contributed by atoms with Crippen molar-refractivity contribution in [3.63, 3.8) is 0 Å². The number of nitrogens with one attached hydrogen (secondary N) is 1. The van der Waals surface area contributed by atoms with Gasteiger partial charge in [-0.25, -0.2) is 4.98 Å². The summed E-state index contributed by atoms with van der Waals surface area (Å²) < 4.78 is 11.7. The van der Waals surface area contributed by atoms with Crippen LogP contribution in [0.15, 0.2) is 60.9 Å². The summed E-state index contributed by atoms with van der Waals surface area (Å²) >= 11 is 0. The Bertz CT molecular complexity index is 820. The average Bonchev–Trinajstić information content (AvgIpc) is 2.68. The van der Waals surface area contributed by atoms with Gasteiger partial charge in [0.25, 0.3) is 0 Å². The van der Waals surface area contributed by atoms with E-state index in [2.05, 4.69) is 27.4 Å². The molecule has 5 heteroatoms. The standard InChI is InChI=1S/C20H21N3O2/c1-2-7-17-15(5-1)8-11-22-20(17)23-18-9-12-24-14-19(18)25-13-16-6-3-4-10-21-16/h1-8,10-11,18-19H,9,12-14H2,(H,22,23)/t18-,19-/m1/s1. The third-order valence-electron chi connectivity index (χ3n) is 4.47. The third kappa shape index (κ3) is 3.78. The molecule has 1 fully saturated rings. The molecule has 5 nitrogen and oxygen atoms in total. The normalized spacial score (nSPS) is 20.5. The van der Waals surface area contributed by atoms with Gasteiger partial charge in [0.05, 0.1) is 24.9 Å². The van der Waals surface area contributed by atoms with Crippen molar-refractivity contribution in [1.29, 1.82) is 0 Å². The molecule has 25 heavy (non-hydrogen) atoms. The van der Waals surface area contributed by atoms with Crippen LogP contribution in [0.4, 0.5) is 5.82 Å². The lowest BCUT2D eigenvalue weighted by atomic mass is 10.1. The maximum atomic E-state index is 6.09. The number of pyridine rings is 2. The number of benzene rings is 1. The van der Waals surface area contributed by atoms with E-state index >= 15 is 0 Å². The van der Waals surface area contributed by atoms with Gasteiger partial charge < -0.3 is 14.8 Å².